The molecule has 3 N–H and O–H groups in total. The van der Waals surface area contributed by atoms with E-state index < -0.39 is 18.1 Å². The second kappa shape index (κ2) is 8.77. The zero-order valence-corrected chi connectivity index (χ0v) is 12.9. The molecule has 0 radical (unpaired) electrons. The third-order valence-electron chi connectivity index (χ3n) is 3.43. The monoisotopic (exact) mass is 295 g/mol. The minimum Gasteiger partial charge on any atom is -0.481 e. The predicted octanol–water partition coefficient (Wildman–Crippen LogP) is 1.92. The minimum absolute atomic E-state index is 0.142. The summed E-state index contributed by atoms with van der Waals surface area (Å²) < 4.78 is 4.93. The number of hydrogen-bond donors (Lipinski definition) is 3. The summed E-state index contributed by atoms with van der Waals surface area (Å²) in [6.07, 6.45) is -1.00. The molecule has 0 heterocycles. The highest BCUT2D eigenvalue weighted by Crippen LogP contribution is 2.22. The van der Waals surface area contributed by atoms with Gasteiger partial charge in [0.05, 0.1) is 19.1 Å². The molecule has 0 aliphatic heterocycles. The van der Waals surface area contributed by atoms with Crippen molar-refractivity contribution < 1.29 is 19.7 Å². The van der Waals surface area contributed by atoms with E-state index in [1.54, 1.807) is 7.11 Å². The molecule has 2 unspecified atom stereocenters. The van der Waals surface area contributed by atoms with Gasteiger partial charge < -0.3 is 20.3 Å². The zero-order valence-electron chi connectivity index (χ0n) is 12.9. The summed E-state index contributed by atoms with van der Waals surface area (Å²) >= 11 is 0. The first-order chi connectivity index (χ1) is 9.95. The average molecular weight is 295 g/mol. The van der Waals surface area contributed by atoms with Gasteiger partial charge in [0.1, 0.15) is 0 Å². The lowest BCUT2D eigenvalue weighted by Crippen LogP contribution is -2.38. The van der Waals surface area contributed by atoms with E-state index >= 15 is 0 Å². The molecule has 2 atom stereocenters. The number of nitrogens with one attached hydrogen (secondary N) is 1. The second-order valence-electron chi connectivity index (χ2n) is 5.42. The number of aliphatic hydroxyl groups is 1. The quantitative estimate of drug-likeness (QED) is 0.607. The SMILES string of the molecule is COCCNC(CC(=O)O)C(O)c1ccc(C(C)C)cc1. The first kappa shape index (κ1) is 17.6. The summed E-state index contributed by atoms with van der Waals surface area (Å²) in [4.78, 5) is 10.9. The normalized spacial score (nSPS) is 14.1. The molecule has 0 spiro atoms. The van der Waals surface area contributed by atoms with Gasteiger partial charge in [0.15, 0.2) is 0 Å². The van der Waals surface area contributed by atoms with Gasteiger partial charge in [-0.1, -0.05) is 38.1 Å². The highest BCUT2D eigenvalue weighted by atomic mass is 16.5. The molecule has 1 rings (SSSR count). The van der Waals surface area contributed by atoms with E-state index in [-0.39, 0.29) is 6.42 Å². The lowest BCUT2D eigenvalue weighted by atomic mass is 9.96. The van der Waals surface area contributed by atoms with Crippen LogP contribution in [0.1, 0.15) is 43.4 Å². The molecule has 0 saturated heterocycles. The van der Waals surface area contributed by atoms with Gasteiger partial charge in [0, 0.05) is 19.7 Å². The van der Waals surface area contributed by atoms with Crippen molar-refractivity contribution in [2.45, 2.75) is 38.3 Å². The Kier molecular flexibility index (Phi) is 7.36. The van der Waals surface area contributed by atoms with Crippen LogP contribution in [0, 0.1) is 0 Å². The van der Waals surface area contributed by atoms with Gasteiger partial charge in [-0.2, -0.15) is 0 Å². The Balaban J connectivity index is 2.77. The van der Waals surface area contributed by atoms with Crippen LogP contribution in [0.15, 0.2) is 24.3 Å². The number of carbonyl (C=O) groups is 1. The van der Waals surface area contributed by atoms with Crippen LogP contribution in [0.25, 0.3) is 0 Å². The van der Waals surface area contributed by atoms with Gasteiger partial charge in [0.25, 0.3) is 0 Å². The maximum absolute atomic E-state index is 10.9. The number of aliphatic carboxylic acids is 1. The molecule has 1 aromatic rings. The Morgan fingerprint density at radius 2 is 1.81 bits per heavy atom. The van der Waals surface area contributed by atoms with Crippen molar-refractivity contribution in [3.63, 3.8) is 0 Å². The Bertz CT molecular complexity index is 430. The average Bonchev–Trinajstić information content (AvgIpc) is 2.45. The zero-order chi connectivity index (χ0) is 15.8. The van der Waals surface area contributed by atoms with Crippen LogP contribution >= 0.6 is 0 Å². The summed E-state index contributed by atoms with van der Waals surface area (Å²) in [5.41, 5.74) is 1.91. The molecule has 0 bridgehead atoms. The van der Waals surface area contributed by atoms with Crippen molar-refractivity contribution in [1.82, 2.24) is 5.32 Å². The number of aliphatic hydroxyl groups excluding tert-OH is 1. The largest absolute Gasteiger partial charge is 0.481 e. The molecule has 21 heavy (non-hydrogen) atoms. The number of ether oxygens (including phenoxy) is 1. The molecule has 5 heteroatoms. The fourth-order valence-corrected chi connectivity index (χ4v) is 2.14. The minimum atomic E-state index is -0.942. The summed E-state index contributed by atoms with van der Waals surface area (Å²) in [5.74, 6) is -0.520. The lowest BCUT2D eigenvalue weighted by molar-refractivity contribution is -0.138. The van der Waals surface area contributed by atoms with Crippen LogP contribution in [0.5, 0.6) is 0 Å². The summed E-state index contributed by atoms with van der Waals surface area (Å²) in [7, 11) is 1.58. The summed E-state index contributed by atoms with van der Waals surface area (Å²) in [5, 5.41) is 22.4. The molecule has 0 fully saturated rings. The molecule has 1 aromatic carbocycles. The Labute approximate surface area is 125 Å². The van der Waals surface area contributed by atoms with Crippen LogP contribution in [0.4, 0.5) is 0 Å². The van der Waals surface area contributed by atoms with E-state index in [4.69, 9.17) is 9.84 Å². The first-order valence-electron chi connectivity index (χ1n) is 7.17. The van der Waals surface area contributed by atoms with E-state index in [2.05, 4.69) is 19.2 Å². The maximum atomic E-state index is 10.9. The van der Waals surface area contributed by atoms with Crippen molar-refractivity contribution in [2.75, 3.05) is 20.3 Å². The van der Waals surface area contributed by atoms with Crippen molar-refractivity contribution in [3.8, 4) is 0 Å². The van der Waals surface area contributed by atoms with E-state index in [1.165, 1.54) is 5.56 Å². The van der Waals surface area contributed by atoms with Gasteiger partial charge in [-0.05, 0) is 17.0 Å². The molecule has 5 nitrogen and oxygen atoms in total. The van der Waals surface area contributed by atoms with Gasteiger partial charge >= 0.3 is 5.97 Å². The fraction of sp³-hybridized carbons (Fsp3) is 0.562. The van der Waals surface area contributed by atoms with Crippen LogP contribution in [0.2, 0.25) is 0 Å². The third kappa shape index (κ3) is 5.83. The molecule has 0 amide bonds. The smallest absolute Gasteiger partial charge is 0.305 e. The number of methoxy groups -OCH3 is 1. The number of benzene rings is 1. The second-order valence-corrected chi connectivity index (χ2v) is 5.42. The van der Waals surface area contributed by atoms with Gasteiger partial charge in [-0.3, -0.25) is 4.79 Å². The number of hydrogen-bond acceptors (Lipinski definition) is 4. The highest BCUT2D eigenvalue weighted by molar-refractivity contribution is 5.67. The topological polar surface area (TPSA) is 78.8 Å². The highest BCUT2D eigenvalue weighted by Gasteiger charge is 2.23. The lowest BCUT2D eigenvalue weighted by Gasteiger charge is -2.23. The molecular weight excluding hydrogens is 270 g/mol. The molecular formula is C16H25NO4. The van der Waals surface area contributed by atoms with Gasteiger partial charge in [-0.15, -0.1) is 0 Å². The van der Waals surface area contributed by atoms with E-state index in [9.17, 15) is 9.90 Å². The molecule has 0 aliphatic carbocycles. The van der Waals surface area contributed by atoms with Gasteiger partial charge in [0.2, 0.25) is 0 Å². The van der Waals surface area contributed by atoms with Crippen molar-refractivity contribution in [1.29, 1.82) is 0 Å². The van der Waals surface area contributed by atoms with E-state index in [0.717, 1.165) is 5.56 Å². The van der Waals surface area contributed by atoms with Crippen LogP contribution < -0.4 is 5.32 Å². The molecule has 0 saturated carbocycles. The fourth-order valence-electron chi connectivity index (χ4n) is 2.14. The summed E-state index contributed by atoms with van der Waals surface area (Å²) in [6, 6.07) is 7.11. The van der Waals surface area contributed by atoms with Crippen molar-refractivity contribution in [3.05, 3.63) is 35.4 Å². The summed E-state index contributed by atoms with van der Waals surface area (Å²) in [6.45, 7) is 5.17. The number of rotatable bonds is 9. The van der Waals surface area contributed by atoms with Crippen LogP contribution in [-0.2, 0) is 9.53 Å². The standard InChI is InChI=1S/C16H25NO4/c1-11(2)12-4-6-13(7-5-12)16(20)14(10-15(18)19)17-8-9-21-3/h4-7,11,14,16-17,20H,8-10H2,1-3H3,(H,18,19). The molecule has 0 aromatic heterocycles. The number of carboxylic acid groups (broad SMARTS) is 1. The van der Waals surface area contributed by atoms with Crippen LogP contribution in [0.3, 0.4) is 0 Å². The third-order valence-corrected chi connectivity index (χ3v) is 3.43. The van der Waals surface area contributed by atoms with Gasteiger partial charge in [-0.25, -0.2) is 0 Å². The van der Waals surface area contributed by atoms with Crippen molar-refractivity contribution >= 4 is 5.97 Å². The predicted molar refractivity (Wildman–Crippen MR) is 81.4 cm³/mol. The Morgan fingerprint density at radius 1 is 1.24 bits per heavy atom. The van der Waals surface area contributed by atoms with E-state index in [0.29, 0.717) is 19.1 Å². The van der Waals surface area contributed by atoms with E-state index in [1.807, 2.05) is 24.3 Å². The Hall–Kier alpha value is -1.43. The van der Waals surface area contributed by atoms with Crippen molar-refractivity contribution in [2.24, 2.45) is 0 Å². The van der Waals surface area contributed by atoms with Crippen LogP contribution in [-0.4, -0.2) is 42.5 Å². The Morgan fingerprint density at radius 3 is 2.29 bits per heavy atom. The molecule has 118 valence electrons. The molecule has 0 aliphatic rings. The number of carboxylic acids is 1. The first-order valence-corrected chi connectivity index (χ1v) is 7.17. The maximum Gasteiger partial charge on any atom is 0.305 e.